The van der Waals surface area contributed by atoms with Gasteiger partial charge in [0.2, 0.25) is 5.28 Å². The summed E-state index contributed by atoms with van der Waals surface area (Å²) < 4.78 is 11.4. The number of nitrogens with zero attached hydrogens (tertiary/aromatic N) is 5. The van der Waals surface area contributed by atoms with Crippen LogP contribution in [-0.4, -0.2) is 47.9 Å². The van der Waals surface area contributed by atoms with Crippen LogP contribution in [0.5, 0.6) is 0 Å². The first-order valence-electron chi connectivity index (χ1n) is 8.55. The van der Waals surface area contributed by atoms with E-state index in [1.165, 1.54) is 12.9 Å². The molecule has 11 heteroatoms. The van der Waals surface area contributed by atoms with Crippen molar-refractivity contribution in [2.24, 2.45) is 7.05 Å². The number of aromatic nitrogens is 4. The summed E-state index contributed by atoms with van der Waals surface area (Å²) in [6.07, 6.45) is 1.66. The molecule has 0 spiro atoms. The van der Waals surface area contributed by atoms with E-state index < -0.39 is 0 Å². The van der Waals surface area contributed by atoms with Crippen molar-refractivity contribution in [3.05, 3.63) is 40.9 Å². The molecule has 3 aromatic rings. The van der Waals surface area contributed by atoms with Gasteiger partial charge >= 0.3 is 42.4 Å². The smallest absolute Gasteiger partial charge is 0.224 e. The molecule has 2 heterocycles. The minimum atomic E-state index is -0.00958. The van der Waals surface area contributed by atoms with Gasteiger partial charge in [0.25, 0.3) is 0 Å². The summed E-state index contributed by atoms with van der Waals surface area (Å²) in [4.78, 5) is 18.6. The van der Waals surface area contributed by atoms with E-state index in [4.69, 9.17) is 11.6 Å². The number of halogens is 1. The second-order valence-corrected chi connectivity index (χ2v) is 6.23. The molecule has 1 aromatic carbocycles. The Morgan fingerprint density at radius 3 is 2.71 bits per heavy atom. The molecule has 0 fully saturated rings. The summed E-state index contributed by atoms with van der Waals surface area (Å²) in [5.74, 6) is 0.761. The molecule has 145 valence electrons. The van der Waals surface area contributed by atoms with Crippen molar-refractivity contribution in [1.29, 1.82) is 0 Å². The molecular weight excluding hydrogens is 379 g/mol. The zero-order chi connectivity index (χ0) is 20.7. The van der Waals surface area contributed by atoms with Gasteiger partial charge < -0.3 is 4.90 Å². The molecule has 2 aromatic heterocycles. The van der Waals surface area contributed by atoms with E-state index in [1.807, 2.05) is 36.7 Å². The standard InChI is InChI=1S/C15H16ClN5.C2H5B2O3/c1-9-7-11-10(2)19-21(4)13(11)8-12(9)20(3)14-5-6-17-15(16)18-14;1-3-7-6-2-4-5/h5-8H,1-4H3;2H2,1H3. The van der Waals surface area contributed by atoms with Crippen LogP contribution in [0.15, 0.2) is 24.4 Å². The Kier molecular flexibility index (Phi) is 8.10. The van der Waals surface area contributed by atoms with Crippen molar-refractivity contribution in [2.45, 2.75) is 20.7 Å². The first-order valence-corrected chi connectivity index (χ1v) is 8.92. The van der Waals surface area contributed by atoms with E-state index in [0.717, 1.165) is 28.3 Å². The van der Waals surface area contributed by atoms with Crippen molar-refractivity contribution >= 4 is 48.6 Å². The largest absolute Gasteiger partial charge is 0.329 e. The zero-order valence-corrected chi connectivity index (χ0v) is 17.3. The topological polar surface area (TPSA) is 82.4 Å². The fourth-order valence-electron chi connectivity index (χ4n) is 2.71. The van der Waals surface area contributed by atoms with Gasteiger partial charge in [-0.05, 0) is 49.2 Å². The molecule has 0 aliphatic rings. The third kappa shape index (κ3) is 5.37. The van der Waals surface area contributed by atoms with Crippen molar-refractivity contribution in [3.63, 3.8) is 0 Å². The van der Waals surface area contributed by atoms with Crippen molar-refractivity contribution in [2.75, 3.05) is 18.5 Å². The van der Waals surface area contributed by atoms with Crippen LogP contribution in [0.2, 0.25) is 12.1 Å². The summed E-state index contributed by atoms with van der Waals surface area (Å²) in [7, 11) is 5.89. The molecule has 0 atom stereocenters. The molecule has 0 aliphatic heterocycles. The van der Waals surface area contributed by atoms with Crippen molar-refractivity contribution in [1.82, 2.24) is 19.7 Å². The number of fused-ring (bicyclic) bond motifs is 1. The molecule has 0 aliphatic carbocycles. The van der Waals surface area contributed by atoms with Gasteiger partial charge in [-0.2, -0.15) is 5.10 Å². The maximum atomic E-state index is 9.46. The number of aryl methyl sites for hydroxylation is 3. The molecule has 1 radical (unpaired) electrons. The number of hydrogen-bond donors (Lipinski definition) is 0. The van der Waals surface area contributed by atoms with E-state index in [1.54, 1.807) is 13.0 Å². The molecule has 28 heavy (non-hydrogen) atoms. The van der Waals surface area contributed by atoms with Crippen molar-refractivity contribution in [3.8, 4) is 0 Å². The van der Waals surface area contributed by atoms with Crippen LogP contribution in [0, 0.1) is 13.8 Å². The van der Waals surface area contributed by atoms with Gasteiger partial charge in [-0.1, -0.05) is 0 Å². The third-order valence-electron chi connectivity index (χ3n) is 3.97. The Balaban J connectivity index is 0.000000345. The van der Waals surface area contributed by atoms with Crippen LogP contribution >= 0.6 is 11.6 Å². The van der Waals surface area contributed by atoms with E-state index in [2.05, 4.69) is 43.8 Å². The molecule has 0 bridgehead atoms. The van der Waals surface area contributed by atoms with Crippen LogP contribution in [0.3, 0.4) is 0 Å². The number of anilines is 2. The first-order chi connectivity index (χ1) is 13.4. The average Bonchev–Trinajstić information content (AvgIpc) is 2.94. The van der Waals surface area contributed by atoms with Gasteiger partial charge in [0, 0.05) is 31.4 Å². The van der Waals surface area contributed by atoms with Crippen LogP contribution in [0.4, 0.5) is 11.5 Å². The third-order valence-corrected chi connectivity index (χ3v) is 4.15. The molecule has 0 N–H and O–H groups in total. The fourth-order valence-corrected chi connectivity index (χ4v) is 2.85. The molecule has 0 amide bonds. The zero-order valence-electron chi connectivity index (χ0n) is 16.5. The van der Waals surface area contributed by atoms with Gasteiger partial charge in [0.1, 0.15) is 5.82 Å². The SMILES string of the molecule is C[B]OOCB=O.Cc1cc2c(C)nn(C)c2cc1N(C)c1ccnc(Cl)n1. The Bertz CT molecular complexity index is 954. The number of rotatable bonds is 6. The number of benzene rings is 1. The normalized spacial score (nSPS) is 10.2. The Morgan fingerprint density at radius 2 is 2.07 bits per heavy atom. The summed E-state index contributed by atoms with van der Waals surface area (Å²) in [6, 6.07) is 6.12. The van der Waals surface area contributed by atoms with Crippen LogP contribution < -0.4 is 4.90 Å². The van der Waals surface area contributed by atoms with Gasteiger partial charge in [-0.25, -0.2) is 9.97 Å². The molecule has 0 saturated carbocycles. The maximum absolute atomic E-state index is 9.46. The molecular formula is C17H21B2ClN5O3. The van der Waals surface area contributed by atoms with E-state index in [-0.39, 0.29) is 11.8 Å². The van der Waals surface area contributed by atoms with Gasteiger partial charge in [0.15, 0.2) is 0 Å². The Morgan fingerprint density at radius 1 is 1.32 bits per heavy atom. The molecule has 8 nitrogen and oxygen atoms in total. The predicted molar refractivity (Wildman–Crippen MR) is 110 cm³/mol. The van der Waals surface area contributed by atoms with Crippen LogP contribution in [0.1, 0.15) is 11.3 Å². The minimum absolute atomic E-state index is 0.00958. The van der Waals surface area contributed by atoms with Crippen LogP contribution in [0.25, 0.3) is 10.9 Å². The number of hydrogen-bond acceptors (Lipinski definition) is 7. The Hall–Kier alpha value is -2.29. The molecule has 3 rings (SSSR count). The summed E-state index contributed by atoms with van der Waals surface area (Å²) in [5, 5.41) is 5.89. The monoisotopic (exact) mass is 400 g/mol. The molecule has 0 unspecified atom stereocenters. The average molecular weight is 400 g/mol. The minimum Gasteiger partial charge on any atom is -0.329 e. The van der Waals surface area contributed by atoms with E-state index in [9.17, 15) is 4.70 Å². The Labute approximate surface area is 170 Å². The van der Waals surface area contributed by atoms with Gasteiger partial charge in [-0.3, -0.25) is 4.68 Å². The second kappa shape index (κ2) is 10.3. The van der Waals surface area contributed by atoms with Gasteiger partial charge in [-0.15, -0.1) is 0 Å². The summed E-state index contributed by atoms with van der Waals surface area (Å²) in [6.45, 7) is 5.75. The van der Waals surface area contributed by atoms with Crippen molar-refractivity contribution < 1.29 is 14.4 Å². The van der Waals surface area contributed by atoms with E-state index >= 15 is 0 Å². The molecule has 0 saturated heterocycles. The quantitative estimate of drug-likeness (QED) is 0.207. The summed E-state index contributed by atoms with van der Waals surface area (Å²) in [5.41, 5.74) is 4.37. The first kappa shape index (κ1) is 22.0. The second-order valence-electron chi connectivity index (χ2n) is 5.89. The van der Waals surface area contributed by atoms with Crippen LogP contribution in [-0.2, 0) is 21.4 Å². The predicted octanol–water partition coefficient (Wildman–Crippen LogP) is 3.01. The fraction of sp³-hybridized carbons (Fsp3) is 0.353. The van der Waals surface area contributed by atoms with Gasteiger partial charge in [0.05, 0.1) is 11.2 Å². The van der Waals surface area contributed by atoms with E-state index in [0.29, 0.717) is 7.15 Å². The summed E-state index contributed by atoms with van der Waals surface area (Å²) >= 11 is 5.88. The maximum Gasteiger partial charge on any atom is 0.224 e.